The Labute approximate surface area is 188 Å². The van der Waals surface area contributed by atoms with Gasteiger partial charge in [0.1, 0.15) is 18.1 Å². The van der Waals surface area contributed by atoms with E-state index in [0.29, 0.717) is 23.1 Å². The van der Waals surface area contributed by atoms with Crippen molar-refractivity contribution in [3.05, 3.63) is 93.4 Å². The molecule has 0 fully saturated rings. The normalized spacial score (nSPS) is 11.8. The Balaban J connectivity index is 1.51. The first-order valence-electron chi connectivity index (χ1n) is 9.22. The molecule has 30 heavy (non-hydrogen) atoms. The van der Waals surface area contributed by atoms with Gasteiger partial charge in [0, 0.05) is 9.50 Å². The summed E-state index contributed by atoms with van der Waals surface area (Å²) in [5, 5.41) is 4.54. The third-order valence-corrected chi connectivity index (χ3v) is 4.75. The molecule has 0 saturated heterocycles. The molecule has 5 nitrogen and oxygen atoms in total. The minimum Gasteiger partial charge on any atom is -0.489 e. The standard InChI is InChI=1S/C23H20BrClN2O3/c1-16(30-22-10-4-8-20(25)13-22)23(28)27-26-14-17-5-3-9-21(12-17)29-15-18-6-2-7-19(24)11-18/h2-14,16H,15H2,1H3,(H,27,28)/b26-14-/t16-/m1/s1. The summed E-state index contributed by atoms with van der Waals surface area (Å²) in [6.45, 7) is 2.09. The minimum atomic E-state index is -0.722. The van der Waals surface area contributed by atoms with E-state index in [1.54, 1.807) is 37.4 Å². The first-order valence-corrected chi connectivity index (χ1v) is 10.4. The summed E-state index contributed by atoms with van der Waals surface area (Å²) >= 11 is 9.37. The van der Waals surface area contributed by atoms with E-state index in [1.165, 1.54) is 0 Å². The number of carbonyl (C=O) groups excluding carboxylic acids is 1. The molecule has 0 bridgehead atoms. The maximum Gasteiger partial charge on any atom is 0.280 e. The third kappa shape index (κ3) is 6.90. The summed E-state index contributed by atoms with van der Waals surface area (Å²) < 4.78 is 12.4. The maximum atomic E-state index is 12.2. The summed E-state index contributed by atoms with van der Waals surface area (Å²) in [6.07, 6.45) is 0.830. The molecule has 3 rings (SSSR count). The average Bonchev–Trinajstić information content (AvgIpc) is 2.72. The van der Waals surface area contributed by atoms with E-state index in [9.17, 15) is 4.79 Å². The van der Waals surface area contributed by atoms with Gasteiger partial charge in [-0.2, -0.15) is 5.10 Å². The molecule has 0 aliphatic heterocycles. The Morgan fingerprint density at radius 2 is 1.87 bits per heavy atom. The van der Waals surface area contributed by atoms with Gasteiger partial charge in [0.05, 0.1) is 6.21 Å². The molecule has 3 aromatic rings. The number of nitrogens with zero attached hydrogens (tertiary/aromatic N) is 1. The van der Waals surface area contributed by atoms with Crippen molar-refractivity contribution in [1.82, 2.24) is 5.43 Å². The first kappa shape index (κ1) is 21.9. The number of halogens is 2. The van der Waals surface area contributed by atoms with Crippen molar-refractivity contribution < 1.29 is 14.3 Å². The number of ether oxygens (including phenoxy) is 2. The second-order valence-corrected chi connectivity index (χ2v) is 7.79. The van der Waals surface area contributed by atoms with Crippen LogP contribution in [-0.4, -0.2) is 18.2 Å². The molecule has 3 aromatic carbocycles. The van der Waals surface area contributed by atoms with Gasteiger partial charge in [-0.3, -0.25) is 4.79 Å². The van der Waals surface area contributed by atoms with Gasteiger partial charge in [-0.1, -0.05) is 57.9 Å². The van der Waals surface area contributed by atoms with E-state index in [2.05, 4.69) is 26.5 Å². The molecule has 0 heterocycles. The van der Waals surface area contributed by atoms with Crippen LogP contribution in [0.25, 0.3) is 0 Å². The Hall–Kier alpha value is -2.83. The van der Waals surface area contributed by atoms with Crippen LogP contribution in [0.5, 0.6) is 11.5 Å². The van der Waals surface area contributed by atoms with E-state index >= 15 is 0 Å². The highest BCUT2D eigenvalue weighted by atomic mass is 79.9. The lowest BCUT2D eigenvalue weighted by Gasteiger charge is -2.13. The van der Waals surface area contributed by atoms with Gasteiger partial charge < -0.3 is 9.47 Å². The zero-order chi connectivity index (χ0) is 21.3. The molecule has 1 N–H and O–H groups in total. The topological polar surface area (TPSA) is 59.9 Å². The second kappa shape index (κ2) is 10.8. The predicted octanol–water partition coefficient (Wildman–Crippen LogP) is 5.60. The van der Waals surface area contributed by atoms with Gasteiger partial charge in [-0.25, -0.2) is 5.43 Å². The number of hydrogen-bond acceptors (Lipinski definition) is 4. The molecule has 7 heteroatoms. The largest absolute Gasteiger partial charge is 0.489 e. The molecule has 1 atom stereocenters. The van der Waals surface area contributed by atoms with Gasteiger partial charge in [0.25, 0.3) is 5.91 Å². The molecule has 0 aromatic heterocycles. The summed E-state index contributed by atoms with van der Waals surface area (Å²) in [4.78, 5) is 12.2. The minimum absolute atomic E-state index is 0.367. The highest BCUT2D eigenvalue weighted by Gasteiger charge is 2.13. The lowest BCUT2D eigenvalue weighted by molar-refractivity contribution is -0.127. The molecular formula is C23H20BrClN2O3. The molecule has 0 aliphatic rings. The van der Waals surface area contributed by atoms with Gasteiger partial charge in [0.15, 0.2) is 6.10 Å². The van der Waals surface area contributed by atoms with Crippen LogP contribution in [0.4, 0.5) is 0 Å². The van der Waals surface area contributed by atoms with Crippen molar-refractivity contribution in [2.45, 2.75) is 19.6 Å². The van der Waals surface area contributed by atoms with Gasteiger partial charge in [-0.05, 0) is 60.5 Å². The van der Waals surface area contributed by atoms with Crippen LogP contribution in [0.3, 0.4) is 0 Å². The van der Waals surface area contributed by atoms with Crippen molar-refractivity contribution in [2.24, 2.45) is 5.10 Å². The van der Waals surface area contributed by atoms with Crippen LogP contribution in [-0.2, 0) is 11.4 Å². The van der Waals surface area contributed by atoms with Gasteiger partial charge >= 0.3 is 0 Å². The molecule has 0 aliphatic carbocycles. The third-order valence-electron chi connectivity index (χ3n) is 4.02. The van der Waals surface area contributed by atoms with Gasteiger partial charge in [-0.15, -0.1) is 0 Å². The molecule has 1 amide bonds. The zero-order valence-corrected chi connectivity index (χ0v) is 18.6. The maximum absolute atomic E-state index is 12.2. The molecule has 0 radical (unpaired) electrons. The van der Waals surface area contributed by atoms with Gasteiger partial charge in [0.2, 0.25) is 0 Å². The first-order chi connectivity index (χ1) is 14.5. The van der Waals surface area contributed by atoms with Crippen LogP contribution in [0, 0.1) is 0 Å². The van der Waals surface area contributed by atoms with Crippen molar-refractivity contribution >= 4 is 39.7 Å². The summed E-state index contributed by atoms with van der Waals surface area (Å²) in [5.74, 6) is 0.862. The zero-order valence-electron chi connectivity index (χ0n) is 16.2. The number of carbonyl (C=O) groups is 1. The predicted molar refractivity (Wildman–Crippen MR) is 122 cm³/mol. The monoisotopic (exact) mass is 486 g/mol. The van der Waals surface area contributed by atoms with Crippen molar-refractivity contribution in [3.8, 4) is 11.5 Å². The van der Waals surface area contributed by atoms with Crippen LogP contribution in [0.2, 0.25) is 5.02 Å². The lowest BCUT2D eigenvalue weighted by atomic mass is 10.2. The quantitative estimate of drug-likeness (QED) is 0.332. The molecule has 0 spiro atoms. The number of benzene rings is 3. The highest BCUT2D eigenvalue weighted by molar-refractivity contribution is 9.10. The van der Waals surface area contributed by atoms with E-state index in [1.807, 2.05) is 48.5 Å². The number of hydrazone groups is 1. The number of hydrogen-bond donors (Lipinski definition) is 1. The van der Waals surface area contributed by atoms with E-state index in [-0.39, 0.29) is 5.91 Å². The lowest BCUT2D eigenvalue weighted by Crippen LogP contribution is -2.33. The van der Waals surface area contributed by atoms with Crippen LogP contribution < -0.4 is 14.9 Å². The Bertz CT molecular complexity index is 1040. The summed E-state index contributed by atoms with van der Waals surface area (Å²) in [5.41, 5.74) is 4.33. The van der Waals surface area contributed by atoms with Crippen LogP contribution >= 0.6 is 27.5 Å². The number of rotatable bonds is 8. The molecule has 154 valence electrons. The van der Waals surface area contributed by atoms with E-state index < -0.39 is 6.10 Å². The fourth-order valence-electron chi connectivity index (χ4n) is 2.54. The SMILES string of the molecule is C[C@@H](Oc1cccc(Cl)c1)C(=O)N/N=C\c1cccc(OCc2cccc(Br)c2)c1. The smallest absolute Gasteiger partial charge is 0.280 e. The molecule has 0 unspecified atom stereocenters. The van der Waals surface area contributed by atoms with Crippen molar-refractivity contribution in [3.63, 3.8) is 0 Å². The summed E-state index contributed by atoms with van der Waals surface area (Å²) in [6, 6.07) is 22.3. The Kier molecular flexibility index (Phi) is 7.88. The van der Waals surface area contributed by atoms with Crippen molar-refractivity contribution in [1.29, 1.82) is 0 Å². The molecular weight excluding hydrogens is 468 g/mol. The number of nitrogens with one attached hydrogen (secondary N) is 1. The Morgan fingerprint density at radius 3 is 2.67 bits per heavy atom. The highest BCUT2D eigenvalue weighted by Crippen LogP contribution is 2.19. The second-order valence-electron chi connectivity index (χ2n) is 6.44. The van der Waals surface area contributed by atoms with Crippen molar-refractivity contribution in [2.75, 3.05) is 0 Å². The van der Waals surface area contributed by atoms with E-state index in [0.717, 1.165) is 15.6 Å². The van der Waals surface area contributed by atoms with E-state index in [4.69, 9.17) is 21.1 Å². The van der Waals surface area contributed by atoms with Crippen LogP contribution in [0.1, 0.15) is 18.1 Å². The fraction of sp³-hybridized carbons (Fsp3) is 0.130. The van der Waals surface area contributed by atoms with Crippen LogP contribution in [0.15, 0.2) is 82.4 Å². The average molecular weight is 488 g/mol. The number of amides is 1. The Morgan fingerprint density at radius 1 is 1.10 bits per heavy atom. The summed E-state index contributed by atoms with van der Waals surface area (Å²) in [7, 11) is 0. The molecule has 0 saturated carbocycles. The fourth-order valence-corrected chi connectivity index (χ4v) is 3.16.